The number of fused-ring (bicyclic) bond motifs is 1. The van der Waals surface area contributed by atoms with Crippen molar-refractivity contribution in [2.45, 2.75) is 6.42 Å². The number of aromatic amines is 1. The summed E-state index contributed by atoms with van der Waals surface area (Å²) in [6.45, 7) is 1.01. The first kappa shape index (κ1) is 17.0. The number of methoxy groups -OCH3 is 1. The summed E-state index contributed by atoms with van der Waals surface area (Å²) < 4.78 is 5.22. The van der Waals surface area contributed by atoms with Crippen molar-refractivity contribution < 1.29 is 4.74 Å². The molecule has 0 spiro atoms. The zero-order valence-corrected chi connectivity index (χ0v) is 12.4. The highest BCUT2D eigenvalue weighted by Gasteiger charge is 2.06. The van der Waals surface area contributed by atoms with E-state index in [1.54, 1.807) is 7.11 Å². The van der Waals surface area contributed by atoms with Gasteiger partial charge in [0.15, 0.2) is 0 Å². The Morgan fingerprint density at radius 3 is 2.61 bits per heavy atom. The molecule has 0 amide bonds. The molecule has 1 aromatic heterocycles. The van der Waals surface area contributed by atoms with Gasteiger partial charge in [-0.15, -0.1) is 24.8 Å². The van der Waals surface area contributed by atoms with Gasteiger partial charge in [0.05, 0.1) is 12.6 Å². The summed E-state index contributed by atoms with van der Waals surface area (Å²) in [4.78, 5) is 2.16. The zero-order chi connectivity index (χ0) is 11.5. The summed E-state index contributed by atoms with van der Waals surface area (Å²) >= 11 is 0. The van der Waals surface area contributed by atoms with E-state index in [1.165, 1.54) is 5.69 Å². The highest BCUT2D eigenvalue weighted by Crippen LogP contribution is 2.22. The summed E-state index contributed by atoms with van der Waals surface area (Å²) in [5.74, 6) is 0.875. The highest BCUT2D eigenvalue weighted by atomic mass is 35.5. The fourth-order valence-corrected chi connectivity index (χ4v) is 1.70. The second-order valence-electron chi connectivity index (χ2n) is 4.14. The van der Waals surface area contributed by atoms with E-state index in [2.05, 4.69) is 29.2 Å². The molecule has 0 bridgehead atoms. The number of H-pyrrole nitrogens is 1. The molecule has 1 heterocycles. The van der Waals surface area contributed by atoms with Crippen molar-refractivity contribution in [3.63, 3.8) is 0 Å². The smallest absolute Gasteiger partial charge is 0.119 e. The van der Waals surface area contributed by atoms with Crippen molar-refractivity contribution in [1.82, 2.24) is 15.1 Å². The van der Waals surface area contributed by atoms with Crippen molar-refractivity contribution in [3.05, 3.63) is 23.9 Å². The van der Waals surface area contributed by atoms with Crippen molar-refractivity contribution in [3.8, 4) is 5.75 Å². The Bertz CT molecular complexity index is 485. The normalized spacial score (nSPS) is 10.0. The average Bonchev–Trinajstić information content (AvgIpc) is 2.68. The topological polar surface area (TPSA) is 41.1 Å². The number of nitrogens with zero attached hydrogens (tertiary/aromatic N) is 2. The van der Waals surface area contributed by atoms with Gasteiger partial charge in [-0.25, -0.2) is 0 Å². The molecule has 18 heavy (non-hydrogen) atoms. The first-order chi connectivity index (χ1) is 7.70. The summed E-state index contributed by atoms with van der Waals surface area (Å²) in [6, 6.07) is 5.94. The summed E-state index contributed by atoms with van der Waals surface area (Å²) in [5, 5.41) is 8.51. The van der Waals surface area contributed by atoms with Crippen LogP contribution in [0.3, 0.4) is 0 Å². The summed E-state index contributed by atoms with van der Waals surface area (Å²) in [5.41, 5.74) is 2.16. The molecule has 1 N–H and O–H groups in total. The molecule has 0 saturated heterocycles. The molecule has 0 saturated carbocycles. The molecule has 0 aliphatic carbocycles. The van der Waals surface area contributed by atoms with E-state index < -0.39 is 0 Å². The first-order valence-electron chi connectivity index (χ1n) is 5.36. The molecule has 0 atom stereocenters. The van der Waals surface area contributed by atoms with Crippen LogP contribution in [0.2, 0.25) is 0 Å². The van der Waals surface area contributed by atoms with Crippen LogP contribution in [0.25, 0.3) is 10.9 Å². The summed E-state index contributed by atoms with van der Waals surface area (Å²) in [7, 11) is 5.82. The van der Waals surface area contributed by atoms with Gasteiger partial charge in [0.1, 0.15) is 5.75 Å². The molecule has 0 fully saturated rings. The summed E-state index contributed by atoms with van der Waals surface area (Å²) in [6.07, 6.45) is 0.969. The molecule has 4 nitrogen and oxygen atoms in total. The first-order valence-corrected chi connectivity index (χ1v) is 5.36. The van der Waals surface area contributed by atoms with Crippen molar-refractivity contribution in [2.24, 2.45) is 0 Å². The van der Waals surface area contributed by atoms with Gasteiger partial charge in [0, 0.05) is 24.0 Å². The SMILES string of the molecule is COc1ccc2n[nH]c(CCN(C)C)c2c1.Cl.Cl. The van der Waals surface area contributed by atoms with E-state index in [-0.39, 0.29) is 24.8 Å². The van der Waals surface area contributed by atoms with Crippen molar-refractivity contribution >= 4 is 35.7 Å². The third-order valence-electron chi connectivity index (χ3n) is 2.65. The highest BCUT2D eigenvalue weighted by molar-refractivity contribution is 5.85. The van der Waals surface area contributed by atoms with Gasteiger partial charge in [0.25, 0.3) is 0 Å². The van der Waals surface area contributed by atoms with Crippen molar-refractivity contribution in [1.29, 1.82) is 0 Å². The third-order valence-corrected chi connectivity index (χ3v) is 2.65. The van der Waals surface area contributed by atoms with Crippen molar-refractivity contribution in [2.75, 3.05) is 27.7 Å². The Morgan fingerprint density at radius 2 is 2.00 bits per heavy atom. The molecule has 0 unspecified atom stereocenters. The zero-order valence-electron chi connectivity index (χ0n) is 10.8. The fourth-order valence-electron chi connectivity index (χ4n) is 1.70. The van der Waals surface area contributed by atoms with Gasteiger partial charge in [-0.2, -0.15) is 5.10 Å². The minimum Gasteiger partial charge on any atom is -0.497 e. The maximum Gasteiger partial charge on any atom is 0.119 e. The Labute approximate surface area is 120 Å². The van der Waals surface area contributed by atoms with Gasteiger partial charge in [0.2, 0.25) is 0 Å². The van der Waals surface area contributed by atoms with Crippen LogP contribution < -0.4 is 4.74 Å². The Hall–Kier alpha value is -0.970. The maximum atomic E-state index is 5.22. The number of nitrogens with one attached hydrogen (secondary N) is 1. The number of ether oxygens (including phenoxy) is 1. The van der Waals surface area contributed by atoms with E-state index in [9.17, 15) is 0 Å². The molecule has 6 heteroatoms. The van der Waals surface area contributed by atoms with E-state index in [4.69, 9.17) is 4.74 Å². The second kappa shape index (κ2) is 7.46. The lowest BCUT2D eigenvalue weighted by Gasteiger charge is -2.07. The quantitative estimate of drug-likeness (QED) is 0.941. The van der Waals surface area contributed by atoms with Gasteiger partial charge < -0.3 is 9.64 Å². The van der Waals surface area contributed by atoms with Crippen LogP contribution in [0.4, 0.5) is 0 Å². The molecule has 2 rings (SSSR count). The van der Waals surface area contributed by atoms with Crippen LogP contribution in [-0.4, -0.2) is 42.8 Å². The van der Waals surface area contributed by atoms with Crippen LogP contribution in [-0.2, 0) is 6.42 Å². The molecule has 0 radical (unpaired) electrons. The predicted molar refractivity (Wildman–Crippen MR) is 79.4 cm³/mol. The Morgan fingerprint density at radius 1 is 1.28 bits per heavy atom. The molecule has 2 aromatic rings. The number of likely N-dealkylation sites (N-methyl/N-ethyl adjacent to an activating group) is 1. The van der Waals surface area contributed by atoms with Gasteiger partial charge in [-0.05, 0) is 32.3 Å². The average molecular weight is 292 g/mol. The second-order valence-corrected chi connectivity index (χ2v) is 4.14. The number of hydrogen-bond acceptors (Lipinski definition) is 3. The maximum absolute atomic E-state index is 5.22. The number of hydrogen-bond donors (Lipinski definition) is 1. The molecular weight excluding hydrogens is 273 g/mol. The lowest BCUT2D eigenvalue weighted by atomic mass is 10.1. The Kier molecular flexibility index (Phi) is 7.06. The molecule has 0 aliphatic rings. The minimum atomic E-state index is 0. The van der Waals surface area contributed by atoms with Gasteiger partial charge >= 0.3 is 0 Å². The molecule has 102 valence electrons. The third kappa shape index (κ3) is 3.77. The van der Waals surface area contributed by atoms with E-state index >= 15 is 0 Å². The number of benzene rings is 1. The van der Waals surface area contributed by atoms with E-state index in [0.717, 1.165) is 29.6 Å². The minimum absolute atomic E-state index is 0. The van der Waals surface area contributed by atoms with E-state index in [1.807, 2.05) is 18.2 Å². The fraction of sp³-hybridized carbons (Fsp3) is 0.417. The van der Waals surface area contributed by atoms with Gasteiger partial charge in [-0.1, -0.05) is 0 Å². The lowest BCUT2D eigenvalue weighted by Crippen LogP contribution is -2.15. The van der Waals surface area contributed by atoms with Crippen LogP contribution in [0.1, 0.15) is 5.69 Å². The Balaban J connectivity index is 0.00000144. The largest absolute Gasteiger partial charge is 0.497 e. The molecule has 1 aromatic carbocycles. The lowest BCUT2D eigenvalue weighted by molar-refractivity contribution is 0.411. The molecule has 0 aliphatic heterocycles. The number of halogens is 2. The standard InChI is InChI=1S/C12H17N3O.2ClH/c1-15(2)7-6-12-10-8-9(16-3)4-5-11(10)13-14-12;;/h4-5,8H,6-7H2,1-3H3,(H,13,14);2*1H. The predicted octanol–water partition coefficient (Wildman–Crippen LogP) is 2.52. The number of rotatable bonds is 4. The van der Waals surface area contributed by atoms with Gasteiger partial charge in [-0.3, -0.25) is 5.10 Å². The van der Waals surface area contributed by atoms with Crippen LogP contribution in [0.15, 0.2) is 18.2 Å². The van der Waals surface area contributed by atoms with E-state index in [0.29, 0.717) is 0 Å². The van der Waals surface area contributed by atoms with Crippen LogP contribution in [0, 0.1) is 0 Å². The monoisotopic (exact) mass is 291 g/mol. The molecular formula is C12H19Cl2N3O. The van der Waals surface area contributed by atoms with Crippen LogP contribution in [0.5, 0.6) is 5.75 Å². The number of aromatic nitrogens is 2. The van der Waals surface area contributed by atoms with Crippen LogP contribution >= 0.6 is 24.8 Å².